The van der Waals surface area contributed by atoms with E-state index in [0.29, 0.717) is 6.42 Å². The highest BCUT2D eigenvalue weighted by Gasteiger charge is 2.16. The summed E-state index contributed by atoms with van der Waals surface area (Å²) in [5.74, 6) is 1.45. The lowest BCUT2D eigenvalue weighted by Gasteiger charge is -2.14. The third-order valence-corrected chi connectivity index (χ3v) is 2.32. The number of hydrogen-bond acceptors (Lipinski definition) is 3. The molecule has 0 fully saturated rings. The minimum atomic E-state index is -0.441. The van der Waals surface area contributed by atoms with Crippen LogP contribution in [0.4, 0.5) is 0 Å². The molecule has 1 aromatic rings. The maximum Gasteiger partial charge on any atom is 0.237 e. The molecule has 0 spiro atoms. The Morgan fingerprint density at radius 2 is 2.27 bits per heavy atom. The third-order valence-electron chi connectivity index (χ3n) is 2.32. The molecule has 0 saturated heterocycles. The molecule has 0 saturated carbocycles. The zero-order chi connectivity index (χ0) is 11.4. The number of aryl methyl sites for hydroxylation is 1. The second-order valence-electron chi connectivity index (χ2n) is 3.69. The highest BCUT2D eigenvalue weighted by Crippen LogP contribution is 2.15. The Hall–Kier alpha value is -1.29. The van der Waals surface area contributed by atoms with Crippen molar-refractivity contribution >= 4 is 5.91 Å². The van der Waals surface area contributed by atoms with Crippen LogP contribution >= 0.6 is 0 Å². The number of hydrogen-bond donors (Lipinski definition) is 2. The molecular weight excluding hydrogens is 192 g/mol. The van der Waals surface area contributed by atoms with E-state index in [1.165, 1.54) is 0 Å². The van der Waals surface area contributed by atoms with Gasteiger partial charge in [0.05, 0.1) is 12.1 Å². The van der Waals surface area contributed by atoms with Gasteiger partial charge >= 0.3 is 0 Å². The van der Waals surface area contributed by atoms with Crippen LogP contribution in [0.25, 0.3) is 0 Å². The van der Waals surface area contributed by atoms with Crippen LogP contribution < -0.4 is 11.1 Å². The summed E-state index contributed by atoms with van der Waals surface area (Å²) in [5, 5.41) is 2.80. The molecular formula is C11H18N2O2. The van der Waals surface area contributed by atoms with E-state index in [9.17, 15) is 4.79 Å². The summed E-state index contributed by atoms with van der Waals surface area (Å²) < 4.78 is 5.40. The Morgan fingerprint density at radius 1 is 1.60 bits per heavy atom. The van der Waals surface area contributed by atoms with Gasteiger partial charge in [-0.05, 0) is 32.4 Å². The van der Waals surface area contributed by atoms with Gasteiger partial charge in [0.25, 0.3) is 0 Å². The van der Waals surface area contributed by atoms with Gasteiger partial charge in [0, 0.05) is 0 Å². The Morgan fingerprint density at radius 3 is 2.73 bits per heavy atom. The first-order chi connectivity index (χ1) is 7.04. The van der Waals surface area contributed by atoms with E-state index in [1.807, 2.05) is 32.9 Å². The van der Waals surface area contributed by atoms with Crippen molar-refractivity contribution in [2.75, 3.05) is 0 Å². The minimum absolute atomic E-state index is 0.135. The van der Waals surface area contributed by atoms with E-state index < -0.39 is 6.04 Å². The molecule has 4 nitrogen and oxygen atoms in total. The number of amides is 1. The van der Waals surface area contributed by atoms with Gasteiger partial charge in [-0.3, -0.25) is 4.79 Å². The number of furan rings is 1. The molecule has 0 aliphatic rings. The fourth-order valence-corrected chi connectivity index (χ4v) is 1.26. The van der Waals surface area contributed by atoms with Gasteiger partial charge in [-0.1, -0.05) is 6.92 Å². The first-order valence-corrected chi connectivity index (χ1v) is 5.17. The summed E-state index contributed by atoms with van der Waals surface area (Å²) >= 11 is 0. The smallest absolute Gasteiger partial charge is 0.237 e. The van der Waals surface area contributed by atoms with Crippen molar-refractivity contribution in [2.24, 2.45) is 5.73 Å². The molecule has 0 aliphatic heterocycles. The number of nitrogens with one attached hydrogen (secondary N) is 1. The van der Waals surface area contributed by atoms with E-state index in [4.69, 9.17) is 10.2 Å². The predicted molar refractivity (Wildman–Crippen MR) is 58.3 cm³/mol. The van der Waals surface area contributed by atoms with Crippen molar-refractivity contribution < 1.29 is 9.21 Å². The SMILES string of the molecule is CC[C@H](N)C(=O)NC(C)c1ccc(C)o1. The number of carbonyl (C=O) groups is 1. The van der Waals surface area contributed by atoms with E-state index in [2.05, 4.69) is 5.32 Å². The van der Waals surface area contributed by atoms with Crippen LogP contribution in [0.3, 0.4) is 0 Å². The van der Waals surface area contributed by atoms with Crippen LogP contribution in [0.5, 0.6) is 0 Å². The van der Waals surface area contributed by atoms with Crippen LogP contribution in [0.15, 0.2) is 16.5 Å². The second-order valence-corrected chi connectivity index (χ2v) is 3.69. The van der Waals surface area contributed by atoms with E-state index in [0.717, 1.165) is 11.5 Å². The summed E-state index contributed by atoms with van der Waals surface area (Å²) in [7, 11) is 0. The molecule has 0 aliphatic carbocycles. The maximum atomic E-state index is 11.5. The van der Waals surface area contributed by atoms with Gasteiger partial charge in [-0.2, -0.15) is 0 Å². The Balaban J connectivity index is 2.56. The van der Waals surface area contributed by atoms with Crippen molar-refractivity contribution in [1.82, 2.24) is 5.32 Å². The summed E-state index contributed by atoms with van der Waals surface area (Å²) in [6.07, 6.45) is 0.635. The molecule has 1 rings (SSSR count). The Labute approximate surface area is 89.8 Å². The standard InChI is InChI=1S/C11H18N2O2/c1-4-9(12)11(14)13-8(3)10-6-5-7(2)15-10/h5-6,8-9H,4,12H2,1-3H3,(H,13,14)/t8?,9-/m0/s1. The first-order valence-electron chi connectivity index (χ1n) is 5.17. The van der Waals surface area contributed by atoms with Gasteiger partial charge in [0.1, 0.15) is 11.5 Å². The van der Waals surface area contributed by atoms with Gasteiger partial charge in [-0.15, -0.1) is 0 Å². The average Bonchev–Trinajstić information content (AvgIpc) is 2.63. The van der Waals surface area contributed by atoms with Crippen LogP contribution in [-0.2, 0) is 4.79 Å². The molecule has 2 atom stereocenters. The number of nitrogens with two attached hydrogens (primary N) is 1. The molecule has 1 unspecified atom stereocenters. The predicted octanol–water partition coefficient (Wildman–Crippen LogP) is 1.50. The van der Waals surface area contributed by atoms with Crippen molar-refractivity contribution in [3.05, 3.63) is 23.7 Å². The number of carbonyl (C=O) groups excluding carboxylic acids is 1. The van der Waals surface area contributed by atoms with Gasteiger partial charge < -0.3 is 15.5 Å². The zero-order valence-electron chi connectivity index (χ0n) is 9.41. The summed E-state index contributed by atoms with van der Waals surface area (Å²) in [6, 6.07) is 3.16. The van der Waals surface area contributed by atoms with Crippen molar-refractivity contribution in [2.45, 2.75) is 39.3 Å². The molecule has 1 amide bonds. The molecule has 15 heavy (non-hydrogen) atoms. The van der Waals surface area contributed by atoms with E-state index in [1.54, 1.807) is 0 Å². The summed E-state index contributed by atoms with van der Waals surface area (Å²) in [5.41, 5.74) is 5.61. The van der Waals surface area contributed by atoms with Gasteiger partial charge in [0.2, 0.25) is 5.91 Å². The Bertz CT molecular complexity index is 333. The lowest BCUT2D eigenvalue weighted by molar-refractivity contribution is -0.123. The Kier molecular flexibility index (Phi) is 3.91. The quantitative estimate of drug-likeness (QED) is 0.791. The van der Waals surface area contributed by atoms with Crippen molar-refractivity contribution in [1.29, 1.82) is 0 Å². The molecule has 1 aromatic heterocycles. The number of rotatable bonds is 4. The highest BCUT2D eigenvalue weighted by atomic mass is 16.3. The maximum absolute atomic E-state index is 11.5. The fraction of sp³-hybridized carbons (Fsp3) is 0.545. The van der Waals surface area contributed by atoms with Gasteiger partial charge in [0.15, 0.2) is 0 Å². The van der Waals surface area contributed by atoms with Crippen molar-refractivity contribution in [3.63, 3.8) is 0 Å². The lowest BCUT2D eigenvalue weighted by Crippen LogP contribution is -2.41. The minimum Gasteiger partial charge on any atom is -0.464 e. The molecule has 84 valence electrons. The largest absolute Gasteiger partial charge is 0.464 e. The molecule has 4 heteroatoms. The second kappa shape index (κ2) is 4.98. The topological polar surface area (TPSA) is 68.3 Å². The average molecular weight is 210 g/mol. The first kappa shape index (κ1) is 11.8. The van der Waals surface area contributed by atoms with Crippen LogP contribution in [0.1, 0.15) is 37.8 Å². The van der Waals surface area contributed by atoms with Crippen molar-refractivity contribution in [3.8, 4) is 0 Å². The fourth-order valence-electron chi connectivity index (χ4n) is 1.26. The summed E-state index contributed by atoms with van der Waals surface area (Å²) in [4.78, 5) is 11.5. The molecule has 3 N–H and O–H groups in total. The lowest BCUT2D eigenvalue weighted by atomic mass is 10.2. The molecule has 1 heterocycles. The zero-order valence-corrected chi connectivity index (χ0v) is 9.41. The van der Waals surface area contributed by atoms with Crippen LogP contribution in [0.2, 0.25) is 0 Å². The third kappa shape index (κ3) is 3.09. The monoisotopic (exact) mass is 210 g/mol. The highest BCUT2D eigenvalue weighted by molar-refractivity contribution is 5.81. The van der Waals surface area contributed by atoms with Crippen LogP contribution in [-0.4, -0.2) is 11.9 Å². The van der Waals surface area contributed by atoms with E-state index >= 15 is 0 Å². The van der Waals surface area contributed by atoms with E-state index in [-0.39, 0.29) is 11.9 Å². The molecule has 0 bridgehead atoms. The molecule has 0 radical (unpaired) electrons. The van der Waals surface area contributed by atoms with Crippen LogP contribution in [0, 0.1) is 6.92 Å². The normalized spacial score (nSPS) is 14.7. The van der Waals surface area contributed by atoms with Gasteiger partial charge in [-0.25, -0.2) is 0 Å². The summed E-state index contributed by atoms with van der Waals surface area (Å²) in [6.45, 7) is 5.63. The molecule has 0 aromatic carbocycles.